The lowest BCUT2D eigenvalue weighted by atomic mass is 9.47. The van der Waals surface area contributed by atoms with Gasteiger partial charge in [-0.15, -0.1) is 0 Å². The number of ether oxygens (including phenoxy) is 4. The van der Waals surface area contributed by atoms with Gasteiger partial charge in [0.2, 0.25) is 5.60 Å². The van der Waals surface area contributed by atoms with Crippen LogP contribution in [0.1, 0.15) is 68.3 Å². The molecule has 2 aromatic carbocycles. The van der Waals surface area contributed by atoms with E-state index in [0.717, 1.165) is 40.8 Å². The molecule has 0 radical (unpaired) electrons. The Morgan fingerprint density at radius 1 is 1.02 bits per heavy atom. The second kappa shape index (κ2) is 13.9. The quantitative estimate of drug-likeness (QED) is 0.130. The number of carbonyl (C=O) groups is 3. The summed E-state index contributed by atoms with van der Waals surface area (Å²) in [5, 5.41) is 26.9. The third-order valence-electron chi connectivity index (χ3n) is 15.2. The van der Waals surface area contributed by atoms with Crippen LogP contribution in [0, 0.1) is 11.3 Å². The number of para-hydroxylation sites is 1. The number of H-pyrrole nitrogens is 1. The van der Waals surface area contributed by atoms with Gasteiger partial charge in [-0.2, -0.15) is 0 Å². The third kappa shape index (κ3) is 5.26. The van der Waals surface area contributed by atoms with Crippen LogP contribution < -0.4 is 9.64 Å². The molecule has 3 aromatic rings. The van der Waals surface area contributed by atoms with Crippen molar-refractivity contribution in [2.45, 2.75) is 87.2 Å². The van der Waals surface area contributed by atoms with Gasteiger partial charge in [0.1, 0.15) is 5.75 Å². The number of piperidine rings is 1. The number of nitrogens with zero attached hydrogens (tertiary/aromatic N) is 3. The van der Waals surface area contributed by atoms with Gasteiger partial charge < -0.3 is 39.0 Å². The molecule has 2 saturated heterocycles. The number of anilines is 1. The van der Waals surface area contributed by atoms with Crippen LogP contribution in [-0.4, -0.2) is 133 Å². The molecule has 2 bridgehead atoms. The number of nitrogens with one attached hydrogen (secondary N) is 1. The number of hydrogen-bond donors (Lipinski definition) is 3. The van der Waals surface area contributed by atoms with Crippen LogP contribution in [0.4, 0.5) is 5.69 Å². The SMILES string of the molecule is CCC1(O)CN2CCc3c([nH]c4ccccc34)C1C(/C=C(/C(=O)OC)c1cc3c(cc1OC)N(C)C1C(O)(C(=O)OC)C(OC(C)=O)C4(CC)C=CCN5CCC31C54)C2. The number of aromatic nitrogens is 1. The van der Waals surface area contributed by atoms with E-state index in [0.29, 0.717) is 62.3 Å². The zero-order chi connectivity index (χ0) is 41.8. The molecule has 7 aliphatic rings. The molecule has 10 atom stereocenters. The highest BCUT2D eigenvalue weighted by Crippen LogP contribution is 2.68. The van der Waals surface area contributed by atoms with Crippen molar-refractivity contribution in [3.05, 3.63) is 77.0 Å². The summed E-state index contributed by atoms with van der Waals surface area (Å²) in [5.41, 5.74) is 0.378. The van der Waals surface area contributed by atoms with Gasteiger partial charge in [-0.05, 0) is 55.5 Å². The van der Waals surface area contributed by atoms with E-state index in [1.807, 2.05) is 68.3 Å². The van der Waals surface area contributed by atoms with E-state index in [2.05, 4.69) is 26.9 Å². The number of likely N-dealkylation sites (N-methyl/N-ethyl adjacent to an activating group) is 1. The average Bonchev–Trinajstić information content (AvgIpc) is 3.87. The summed E-state index contributed by atoms with van der Waals surface area (Å²) in [6, 6.07) is 10.9. The third-order valence-corrected chi connectivity index (χ3v) is 15.2. The molecule has 13 heteroatoms. The van der Waals surface area contributed by atoms with E-state index in [9.17, 15) is 24.6 Å². The number of fused-ring (bicyclic) bond motifs is 5. The van der Waals surface area contributed by atoms with E-state index in [1.54, 1.807) is 7.11 Å². The molecule has 7 heterocycles. The molecule has 13 nitrogen and oxygen atoms in total. The molecule has 59 heavy (non-hydrogen) atoms. The molecule has 3 N–H and O–H groups in total. The minimum atomic E-state index is -2.29. The molecule has 0 amide bonds. The number of hydrogen-bond acceptors (Lipinski definition) is 12. The number of esters is 3. The van der Waals surface area contributed by atoms with Gasteiger partial charge in [0.15, 0.2) is 6.10 Å². The maximum Gasteiger partial charge on any atom is 0.344 e. The summed E-state index contributed by atoms with van der Waals surface area (Å²) < 4.78 is 23.2. The van der Waals surface area contributed by atoms with Crippen LogP contribution >= 0.6 is 0 Å². The summed E-state index contributed by atoms with van der Waals surface area (Å²) in [6.07, 6.45) is 7.19. The Balaban J connectivity index is 1.27. The molecule has 10 unspecified atom stereocenters. The van der Waals surface area contributed by atoms with E-state index >= 15 is 0 Å². The smallest absolute Gasteiger partial charge is 0.344 e. The zero-order valence-electron chi connectivity index (χ0n) is 35.0. The van der Waals surface area contributed by atoms with Gasteiger partial charge >= 0.3 is 17.9 Å². The minimum Gasteiger partial charge on any atom is -0.496 e. The van der Waals surface area contributed by atoms with Crippen LogP contribution in [0.5, 0.6) is 5.75 Å². The van der Waals surface area contributed by atoms with Crippen molar-refractivity contribution < 1.29 is 43.5 Å². The van der Waals surface area contributed by atoms with Crippen LogP contribution in [0.3, 0.4) is 0 Å². The topological polar surface area (TPSA) is 154 Å². The maximum absolute atomic E-state index is 14.3. The lowest BCUT2D eigenvalue weighted by Gasteiger charge is -2.63. The standard InChI is InChI=1S/C46H56N4O9/c1-8-43-16-12-18-50-20-17-45(39(43)50)32-22-30(35(56-5)23-34(32)48(4)40(45)46(55,42(53)58-7)41(43)59-26(3)51)31(38(52)57-6)21-27-24-49-19-15-29-28-13-10-11-14-33(28)47-37(29)36(27)44(54,9-2)25-49/h10-14,16,21-23,27,36,39-41,47,54-55H,8-9,15,17-20,24-25H2,1-7H3/b31-21+. The summed E-state index contributed by atoms with van der Waals surface area (Å²) >= 11 is 0. The van der Waals surface area contributed by atoms with Crippen molar-refractivity contribution in [3.8, 4) is 5.75 Å². The van der Waals surface area contributed by atoms with Gasteiger partial charge in [-0.25, -0.2) is 9.59 Å². The largest absolute Gasteiger partial charge is 0.496 e. The highest BCUT2D eigenvalue weighted by atomic mass is 16.6. The van der Waals surface area contributed by atoms with Crippen molar-refractivity contribution in [1.29, 1.82) is 0 Å². The Morgan fingerprint density at radius 2 is 1.80 bits per heavy atom. The lowest BCUT2D eigenvalue weighted by molar-refractivity contribution is -0.228. The Kier molecular flexibility index (Phi) is 9.39. The fourth-order valence-corrected chi connectivity index (χ4v) is 13.1. The summed E-state index contributed by atoms with van der Waals surface area (Å²) in [5.74, 6) is -2.28. The molecule has 314 valence electrons. The van der Waals surface area contributed by atoms with E-state index < -0.39 is 52.1 Å². The number of benzene rings is 2. The molecule has 1 aromatic heterocycles. The number of aromatic amines is 1. The first kappa shape index (κ1) is 39.8. The first-order valence-electron chi connectivity index (χ1n) is 21.0. The summed E-state index contributed by atoms with van der Waals surface area (Å²) in [7, 11) is 6.02. The van der Waals surface area contributed by atoms with Gasteiger partial charge in [0.05, 0.1) is 38.5 Å². The number of aliphatic hydroxyl groups is 2. The molecule has 1 saturated carbocycles. The fourth-order valence-electron chi connectivity index (χ4n) is 13.1. The summed E-state index contributed by atoms with van der Waals surface area (Å²) in [6.45, 7) is 8.52. The van der Waals surface area contributed by atoms with Crippen LogP contribution in [0.15, 0.2) is 54.6 Å². The lowest BCUT2D eigenvalue weighted by Crippen LogP contribution is -2.81. The molecular formula is C46H56N4O9. The van der Waals surface area contributed by atoms with Crippen LogP contribution in [-0.2, 0) is 40.4 Å². The van der Waals surface area contributed by atoms with Gasteiger partial charge in [0, 0.05) is 103 Å². The maximum atomic E-state index is 14.3. The van der Waals surface area contributed by atoms with Gasteiger partial charge in [-0.3, -0.25) is 14.6 Å². The molecule has 1 aliphatic carbocycles. The second-order valence-electron chi connectivity index (χ2n) is 17.7. The first-order chi connectivity index (χ1) is 28.3. The average molecular weight is 809 g/mol. The number of methoxy groups -OCH3 is 3. The predicted molar refractivity (Wildman–Crippen MR) is 221 cm³/mol. The van der Waals surface area contributed by atoms with Gasteiger partial charge in [-0.1, -0.05) is 50.3 Å². The van der Waals surface area contributed by atoms with Crippen molar-refractivity contribution in [2.75, 3.05) is 66.0 Å². The molecule has 6 aliphatic heterocycles. The normalized spacial score (nSPS) is 35.6. The van der Waals surface area contributed by atoms with E-state index in [4.69, 9.17) is 18.9 Å². The highest BCUT2D eigenvalue weighted by Gasteiger charge is 2.80. The van der Waals surface area contributed by atoms with Gasteiger partial charge in [0.25, 0.3) is 0 Å². The number of carbonyl (C=O) groups excluding carboxylic acids is 3. The Morgan fingerprint density at radius 3 is 2.49 bits per heavy atom. The van der Waals surface area contributed by atoms with Crippen LogP contribution in [0.25, 0.3) is 16.5 Å². The number of rotatable bonds is 8. The predicted octanol–water partition coefficient (Wildman–Crippen LogP) is 4.09. The van der Waals surface area contributed by atoms with Crippen LogP contribution in [0.2, 0.25) is 0 Å². The molecule has 1 spiro atoms. The molecule has 10 rings (SSSR count). The Bertz CT molecular complexity index is 2300. The van der Waals surface area contributed by atoms with Crippen molar-refractivity contribution in [1.82, 2.24) is 14.8 Å². The highest BCUT2D eigenvalue weighted by molar-refractivity contribution is 6.17. The van der Waals surface area contributed by atoms with Crippen molar-refractivity contribution in [3.63, 3.8) is 0 Å². The molecule has 3 fully saturated rings. The first-order valence-corrected chi connectivity index (χ1v) is 21.0. The summed E-state index contributed by atoms with van der Waals surface area (Å²) in [4.78, 5) is 51.8. The van der Waals surface area contributed by atoms with Crippen molar-refractivity contribution >= 4 is 40.1 Å². The molecular weight excluding hydrogens is 753 g/mol. The fraction of sp³-hybridized carbons (Fsp3) is 0.543. The van der Waals surface area contributed by atoms with E-state index in [-0.39, 0.29) is 17.9 Å². The Labute approximate surface area is 344 Å². The second-order valence-corrected chi connectivity index (χ2v) is 17.7. The monoisotopic (exact) mass is 808 g/mol. The van der Waals surface area contributed by atoms with E-state index in [1.165, 1.54) is 26.7 Å². The van der Waals surface area contributed by atoms with Crippen molar-refractivity contribution in [2.24, 2.45) is 11.3 Å². The zero-order valence-corrected chi connectivity index (χ0v) is 35.0. The minimum absolute atomic E-state index is 0.297. The Hall–Kier alpha value is -4.69.